The van der Waals surface area contributed by atoms with Gasteiger partial charge in [0.25, 0.3) is 0 Å². The minimum Gasteiger partial charge on any atom is -0.441 e. The Bertz CT molecular complexity index is 607. The number of carbonyl (C=O) groups is 1. The third kappa shape index (κ3) is 3.56. The number of carbonyl (C=O) groups excluding carboxylic acids is 1. The fourth-order valence-electron chi connectivity index (χ4n) is 2.36. The van der Waals surface area contributed by atoms with Crippen LogP contribution in [-0.2, 0) is 11.2 Å². The molecule has 2 heterocycles. The maximum atomic E-state index is 12.3. The van der Waals surface area contributed by atoms with Gasteiger partial charge in [-0.3, -0.25) is 4.79 Å². The molecule has 0 aliphatic rings. The molecule has 0 saturated heterocycles. The Morgan fingerprint density at radius 2 is 2.18 bits per heavy atom. The number of nitrogens with zero attached hydrogens (tertiary/aromatic N) is 1. The molecule has 0 bridgehead atoms. The summed E-state index contributed by atoms with van der Waals surface area (Å²) in [6, 6.07) is 1.95. The molecule has 22 heavy (non-hydrogen) atoms. The Balaban J connectivity index is 2.09. The summed E-state index contributed by atoms with van der Waals surface area (Å²) in [5, 5.41) is 7.00. The Labute approximate surface area is 134 Å². The first-order valence-corrected chi connectivity index (χ1v) is 8.47. The van der Waals surface area contributed by atoms with Crippen LogP contribution in [0.5, 0.6) is 0 Å². The summed E-state index contributed by atoms with van der Waals surface area (Å²) in [7, 11) is 0. The Morgan fingerprint density at radius 1 is 1.45 bits per heavy atom. The lowest BCUT2D eigenvalue weighted by Gasteiger charge is -2.31. The van der Waals surface area contributed by atoms with Crippen LogP contribution in [0.25, 0.3) is 11.5 Å². The summed E-state index contributed by atoms with van der Waals surface area (Å²) < 4.78 is 5.66. The lowest BCUT2D eigenvalue weighted by atomic mass is 9.92. The highest BCUT2D eigenvalue weighted by atomic mass is 32.1. The van der Waals surface area contributed by atoms with E-state index in [0.717, 1.165) is 18.4 Å². The number of aromatic nitrogens is 1. The molecule has 5 nitrogen and oxygen atoms in total. The zero-order valence-corrected chi connectivity index (χ0v) is 14.1. The van der Waals surface area contributed by atoms with E-state index in [0.29, 0.717) is 23.9 Å². The number of nitrogens with two attached hydrogens (primary N) is 1. The predicted molar refractivity (Wildman–Crippen MR) is 88.8 cm³/mol. The highest BCUT2D eigenvalue weighted by molar-refractivity contribution is 7.08. The van der Waals surface area contributed by atoms with Gasteiger partial charge in [0.15, 0.2) is 0 Å². The largest absolute Gasteiger partial charge is 0.441 e. The van der Waals surface area contributed by atoms with E-state index < -0.39 is 0 Å². The summed E-state index contributed by atoms with van der Waals surface area (Å²) in [4.78, 5) is 16.8. The normalized spacial score (nSPS) is 11.6. The number of oxazole rings is 1. The molecule has 0 spiro atoms. The van der Waals surface area contributed by atoms with Gasteiger partial charge in [0.05, 0.1) is 17.7 Å². The van der Waals surface area contributed by atoms with Gasteiger partial charge < -0.3 is 15.5 Å². The molecule has 1 amide bonds. The molecule has 0 atom stereocenters. The van der Waals surface area contributed by atoms with Crippen LogP contribution in [0.3, 0.4) is 0 Å². The number of rotatable bonds is 7. The second kappa shape index (κ2) is 7.07. The van der Waals surface area contributed by atoms with Crippen LogP contribution in [0.15, 0.2) is 21.2 Å². The third-order valence-electron chi connectivity index (χ3n) is 4.14. The van der Waals surface area contributed by atoms with Gasteiger partial charge in [0, 0.05) is 17.5 Å². The monoisotopic (exact) mass is 321 g/mol. The first-order valence-electron chi connectivity index (χ1n) is 7.53. The molecule has 6 heteroatoms. The van der Waals surface area contributed by atoms with E-state index in [2.05, 4.69) is 10.3 Å². The van der Waals surface area contributed by atoms with Crippen LogP contribution in [0.4, 0.5) is 0 Å². The fraction of sp³-hybridized carbons (Fsp3) is 0.500. The highest BCUT2D eigenvalue weighted by Gasteiger charge is 2.27. The molecule has 0 aliphatic heterocycles. The van der Waals surface area contributed by atoms with Crippen molar-refractivity contribution in [2.45, 2.75) is 45.6 Å². The van der Waals surface area contributed by atoms with Gasteiger partial charge in [-0.15, -0.1) is 0 Å². The Kier molecular flexibility index (Phi) is 5.37. The van der Waals surface area contributed by atoms with Crippen molar-refractivity contribution in [3.8, 4) is 11.5 Å². The van der Waals surface area contributed by atoms with Gasteiger partial charge in [0.1, 0.15) is 5.76 Å². The first-order chi connectivity index (χ1) is 10.5. The Hall–Kier alpha value is -1.66. The molecular formula is C16H23N3O2S. The van der Waals surface area contributed by atoms with Gasteiger partial charge >= 0.3 is 0 Å². The van der Waals surface area contributed by atoms with Gasteiger partial charge in [-0.05, 0) is 31.2 Å². The third-order valence-corrected chi connectivity index (χ3v) is 4.82. The van der Waals surface area contributed by atoms with Crippen LogP contribution >= 0.6 is 11.3 Å². The number of amides is 1. The van der Waals surface area contributed by atoms with E-state index in [1.54, 1.807) is 11.3 Å². The van der Waals surface area contributed by atoms with Gasteiger partial charge in [-0.25, -0.2) is 4.98 Å². The predicted octanol–water partition coefficient (Wildman–Crippen LogP) is 2.89. The van der Waals surface area contributed by atoms with Crippen LogP contribution in [-0.4, -0.2) is 23.0 Å². The lowest BCUT2D eigenvalue weighted by molar-refractivity contribution is -0.122. The van der Waals surface area contributed by atoms with E-state index in [1.165, 1.54) is 0 Å². The number of aryl methyl sites for hydroxylation is 1. The summed E-state index contributed by atoms with van der Waals surface area (Å²) in [5.74, 6) is 1.18. The average molecular weight is 321 g/mol. The minimum absolute atomic E-state index is 0.0672. The zero-order valence-electron chi connectivity index (χ0n) is 13.3. The summed E-state index contributed by atoms with van der Waals surface area (Å²) in [6.45, 7) is 6.34. The first kappa shape index (κ1) is 16.7. The molecular weight excluding hydrogens is 298 g/mol. The summed E-state index contributed by atoms with van der Waals surface area (Å²) >= 11 is 1.59. The van der Waals surface area contributed by atoms with E-state index in [-0.39, 0.29) is 17.9 Å². The fourth-order valence-corrected chi connectivity index (χ4v) is 2.99. The number of thiophene rings is 1. The number of hydrogen-bond acceptors (Lipinski definition) is 5. The Morgan fingerprint density at radius 3 is 2.73 bits per heavy atom. The standard InChI is InChI=1S/C16H23N3O2S/c1-4-16(5-2,10-17)19-14(20)8-13-11(3)21-15(18-13)12-6-7-22-9-12/h6-7,9H,4-5,8,10,17H2,1-3H3,(H,19,20). The second-order valence-corrected chi connectivity index (χ2v) is 6.23. The van der Waals surface area contributed by atoms with Crippen LogP contribution in [0.1, 0.15) is 38.1 Å². The molecule has 2 aromatic rings. The topological polar surface area (TPSA) is 81.1 Å². The number of hydrogen-bond donors (Lipinski definition) is 2. The van der Waals surface area contributed by atoms with Crippen molar-refractivity contribution < 1.29 is 9.21 Å². The van der Waals surface area contributed by atoms with Crippen molar-refractivity contribution in [3.63, 3.8) is 0 Å². The van der Waals surface area contributed by atoms with Crippen LogP contribution in [0.2, 0.25) is 0 Å². The van der Waals surface area contributed by atoms with Crippen molar-refractivity contribution in [2.24, 2.45) is 5.73 Å². The van der Waals surface area contributed by atoms with Crippen LogP contribution < -0.4 is 11.1 Å². The quantitative estimate of drug-likeness (QED) is 0.821. The minimum atomic E-state index is -0.328. The van der Waals surface area contributed by atoms with Gasteiger partial charge in [-0.2, -0.15) is 11.3 Å². The molecule has 2 aromatic heterocycles. The van der Waals surface area contributed by atoms with E-state index in [9.17, 15) is 4.79 Å². The zero-order chi connectivity index (χ0) is 16.2. The molecule has 120 valence electrons. The SMILES string of the molecule is CCC(CC)(CN)NC(=O)Cc1nc(-c2ccsc2)oc1C. The van der Waals surface area contributed by atoms with E-state index >= 15 is 0 Å². The van der Waals surface area contributed by atoms with Crippen molar-refractivity contribution in [2.75, 3.05) is 6.54 Å². The van der Waals surface area contributed by atoms with Crippen LogP contribution in [0, 0.1) is 6.92 Å². The summed E-state index contributed by atoms with van der Waals surface area (Å²) in [6.07, 6.45) is 1.83. The highest BCUT2D eigenvalue weighted by Crippen LogP contribution is 2.24. The van der Waals surface area contributed by atoms with Gasteiger partial charge in [-0.1, -0.05) is 13.8 Å². The maximum Gasteiger partial charge on any atom is 0.227 e. The maximum absolute atomic E-state index is 12.3. The molecule has 3 N–H and O–H groups in total. The average Bonchev–Trinajstić information content (AvgIpc) is 3.15. The molecule has 0 radical (unpaired) electrons. The summed E-state index contributed by atoms with van der Waals surface area (Å²) in [5.41, 5.74) is 7.11. The molecule has 0 unspecified atom stereocenters. The van der Waals surface area contributed by atoms with Gasteiger partial charge in [0.2, 0.25) is 11.8 Å². The second-order valence-electron chi connectivity index (χ2n) is 5.45. The molecule has 0 saturated carbocycles. The van der Waals surface area contributed by atoms with E-state index in [4.69, 9.17) is 10.2 Å². The smallest absolute Gasteiger partial charge is 0.227 e. The van der Waals surface area contributed by atoms with Crippen molar-refractivity contribution in [1.82, 2.24) is 10.3 Å². The lowest BCUT2D eigenvalue weighted by Crippen LogP contribution is -2.53. The molecule has 0 aromatic carbocycles. The van der Waals surface area contributed by atoms with Crippen molar-refractivity contribution >= 4 is 17.2 Å². The molecule has 0 fully saturated rings. The van der Waals surface area contributed by atoms with Crippen molar-refractivity contribution in [3.05, 3.63) is 28.3 Å². The van der Waals surface area contributed by atoms with E-state index in [1.807, 2.05) is 37.6 Å². The molecule has 2 rings (SSSR count). The van der Waals surface area contributed by atoms with Crippen molar-refractivity contribution in [1.29, 1.82) is 0 Å². The molecule has 0 aliphatic carbocycles. The number of nitrogens with one attached hydrogen (secondary N) is 1.